The van der Waals surface area contributed by atoms with Crippen LogP contribution in [0.1, 0.15) is 18.4 Å². The Morgan fingerprint density at radius 1 is 1.37 bits per heavy atom. The van der Waals surface area contributed by atoms with Gasteiger partial charge >= 0.3 is 6.18 Å². The van der Waals surface area contributed by atoms with Crippen molar-refractivity contribution in [1.29, 1.82) is 0 Å². The van der Waals surface area contributed by atoms with Crippen LogP contribution in [-0.4, -0.2) is 18.5 Å². The maximum Gasteiger partial charge on any atom is 0.416 e. The lowest BCUT2D eigenvalue weighted by Crippen LogP contribution is -2.35. The third-order valence-electron chi connectivity index (χ3n) is 2.93. The van der Waals surface area contributed by atoms with E-state index in [4.69, 9.17) is 0 Å². The second-order valence-electron chi connectivity index (χ2n) is 4.33. The molecular formula is C12H12F4N2O. The minimum atomic E-state index is -4.57. The Hall–Kier alpha value is -1.63. The molecule has 0 radical (unpaired) electrons. The second-order valence-corrected chi connectivity index (χ2v) is 4.33. The predicted molar refractivity (Wildman–Crippen MR) is 61.1 cm³/mol. The van der Waals surface area contributed by atoms with Crippen molar-refractivity contribution in [3.63, 3.8) is 0 Å². The highest BCUT2D eigenvalue weighted by Crippen LogP contribution is 2.31. The molecule has 1 heterocycles. The normalized spacial score (nSPS) is 19.5. The largest absolute Gasteiger partial charge is 0.416 e. The third-order valence-corrected chi connectivity index (χ3v) is 2.93. The summed E-state index contributed by atoms with van der Waals surface area (Å²) in [6.07, 6.45) is -3.17. The Balaban J connectivity index is 2.17. The number of amides is 1. The minimum absolute atomic E-state index is 0.450. The molecule has 0 saturated carbocycles. The number of carbonyl (C=O) groups is 1. The zero-order valence-electron chi connectivity index (χ0n) is 9.85. The minimum Gasteiger partial charge on any atom is -0.322 e. The van der Waals surface area contributed by atoms with Gasteiger partial charge in [0.2, 0.25) is 5.91 Å². The Labute approximate surface area is 107 Å². The van der Waals surface area contributed by atoms with E-state index in [0.717, 1.165) is 6.42 Å². The summed E-state index contributed by atoms with van der Waals surface area (Å²) in [6.45, 7) is 0.670. The zero-order valence-corrected chi connectivity index (χ0v) is 9.85. The molecule has 0 bridgehead atoms. The lowest BCUT2D eigenvalue weighted by Gasteiger charge is -2.13. The van der Waals surface area contributed by atoms with Crippen molar-refractivity contribution in [2.75, 3.05) is 11.9 Å². The average Bonchev–Trinajstić information content (AvgIpc) is 2.84. The average molecular weight is 276 g/mol. The predicted octanol–water partition coefficient (Wildman–Crippen LogP) is 2.54. The van der Waals surface area contributed by atoms with Gasteiger partial charge in [0.15, 0.2) is 0 Å². The van der Waals surface area contributed by atoms with E-state index in [9.17, 15) is 22.4 Å². The summed E-state index contributed by atoms with van der Waals surface area (Å²) in [5.74, 6) is -1.41. The molecule has 0 aromatic heterocycles. The Morgan fingerprint density at radius 3 is 2.68 bits per heavy atom. The molecule has 3 nitrogen and oxygen atoms in total. The van der Waals surface area contributed by atoms with Crippen LogP contribution in [-0.2, 0) is 11.0 Å². The van der Waals surface area contributed by atoms with E-state index in [1.165, 1.54) is 0 Å². The van der Waals surface area contributed by atoms with Crippen LogP contribution in [0.15, 0.2) is 18.2 Å². The van der Waals surface area contributed by atoms with Gasteiger partial charge < -0.3 is 10.6 Å². The van der Waals surface area contributed by atoms with Crippen molar-refractivity contribution in [2.24, 2.45) is 0 Å². The SMILES string of the molecule is O=C(Nc1cc(C(F)(F)F)ccc1F)C1CCCN1. The molecule has 1 saturated heterocycles. The van der Waals surface area contributed by atoms with Crippen LogP contribution >= 0.6 is 0 Å². The number of anilines is 1. The molecule has 1 unspecified atom stereocenters. The first kappa shape index (κ1) is 13.8. The molecule has 1 fully saturated rings. The smallest absolute Gasteiger partial charge is 0.322 e. The molecule has 2 N–H and O–H groups in total. The van der Waals surface area contributed by atoms with Gasteiger partial charge in [0.05, 0.1) is 17.3 Å². The van der Waals surface area contributed by atoms with Crippen LogP contribution in [0.5, 0.6) is 0 Å². The molecule has 0 spiro atoms. The van der Waals surface area contributed by atoms with E-state index in [-0.39, 0.29) is 0 Å². The standard InChI is InChI=1S/C12H12F4N2O/c13-8-4-3-7(12(14,15)16)6-10(8)18-11(19)9-2-1-5-17-9/h3-4,6,9,17H,1-2,5H2,(H,18,19). The summed E-state index contributed by atoms with van der Waals surface area (Å²) < 4.78 is 50.9. The zero-order chi connectivity index (χ0) is 14.0. The first-order valence-electron chi connectivity index (χ1n) is 5.79. The van der Waals surface area contributed by atoms with Crippen molar-refractivity contribution in [2.45, 2.75) is 25.1 Å². The molecule has 1 aliphatic heterocycles. The van der Waals surface area contributed by atoms with E-state index >= 15 is 0 Å². The maximum absolute atomic E-state index is 13.4. The number of carbonyl (C=O) groups excluding carboxylic acids is 1. The first-order valence-corrected chi connectivity index (χ1v) is 5.79. The second kappa shape index (κ2) is 5.16. The number of hydrogen-bond acceptors (Lipinski definition) is 2. The van der Waals surface area contributed by atoms with Gasteiger partial charge in [-0.3, -0.25) is 4.79 Å². The van der Waals surface area contributed by atoms with Gasteiger partial charge in [-0.25, -0.2) is 4.39 Å². The molecule has 104 valence electrons. The molecule has 1 amide bonds. The summed E-state index contributed by atoms with van der Waals surface area (Å²) in [6, 6.07) is 1.45. The quantitative estimate of drug-likeness (QED) is 0.815. The molecule has 2 rings (SSSR count). The third kappa shape index (κ3) is 3.23. The van der Waals surface area contributed by atoms with Crippen LogP contribution in [0.3, 0.4) is 0 Å². The molecular weight excluding hydrogens is 264 g/mol. The van der Waals surface area contributed by atoms with E-state index in [2.05, 4.69) is 10.6 Å². The van der Waals surface area contributed by atoms with Gasteiger partial charge in [0.1, 0.15) is 5.82 Å². The number of rotatable bonds is 2. The molecule has 0 aliphatic carbocycles. The summed E-state index contributed by atoms with van der Waals surface area (Å²) >= 11 is 0. The lowest BCUT2D eigenvalue weighted by molar-refractivity contribution is -0.137. The number of halogens is 4. The highest BCUT2D eigenvalue weighted by Gasteiger charge is 2.31. The first-order chi connectivity index (χ1) is 8.88. The molecule has 19 heavy (non-hydrogen) atoms. The van der Waals surface area contributed by atoms with Crippen LogP contribution in [0.2, 0.25) is 0 Å². The van der Waals surface area contributed by atoms with Crippen molar-refractivity contribution in [1.82, 2.24) is 5.32 Å². The van der Waals surface area contributed by atoms with Crippen molar-refractivity contribution in [3.8, 4) is 0 Å². The monoisotopic (exact) mass is 276 g/mol. The molecule has 1 aliphatic rings. The molecule has 1 aromatic carbocycles. The summed E-state index contributed by atoms with van der Waals surface area (Å²) in [5.41, 5.74) is -1.45. The number of alkyl halides is 3. The number of nitrogens with one attached hydrogen (secondary N) is 2. The van der Waals surface area contributed by atoms with E-state index in [1.54, 1.807) is 0 Å². The van der Waals surface area contributed by atoms with Gasteiger partial charge in [-0.1, -0.05) is 0 Å². The van der Waals surface area contributed by atoms with Gasteiger partial charge in [-0.05, 0) is 37.6 Å². The van der Waals surface area contributed by atoms with E-state index < -0.39 is 35.2 Å². The fourth-order valence-corrected chi connectivity index (χ4v) is 1.93. The highest BCUT2D eigenvalue weighted by atomic mass is 19.4. The van der Waals surface area contributed by atoms with Crippen LogP contribution in [0.25, 0.3) is 0 Å². The summed E-state index contributed by atoms with van der Waals surface area (Å²) in [7, 11) is 0. The fourth-order valence-electron chi connectivity index (χ4n) is 1.93. The number of benzene rings is 1. The van der Waals surface area contributed by atoms with Crippen molar-refractivity contribution < 1.29 is 22.4 Å². The van der Waals surface area contributed by atoms with Gasteiger partial charge in [-0.15, -0.1) is 0 Å². The Bertz CT molecular complexity index is 481. The topological polar surface area (TPSA) is 41.1 Å². The summed E-state index contributed by atoms with van der Waals surface area (Å²) in [5, 5.41) is 5.07. The van der Waals surface area contributed by atoms with Crippen LogP contribution in [0, 0.1) is 5.82 Å². The summed E-state index contributed by atoms with van der Waals surface area (Å²) in [4.78, 5) is 11.7. The van der Waals surface area contributed by atoms with Crippen LogP contribution in [0.4, 0.5) is 23.2 Å². The van der Waals surface area contributed by atoms with Crippen LogP contribution < -0.4 is 10.6 Å². The fraction of sp³-hybridized carbons (Fsp3) is 0.417. The molecule has 1 atom stereocenters. The molecule has 1 aromatic rings. The highest BCUT2D eigenvalue weighted by molar-refractivity contribution is 5.95. The lowest BCUT2D eigenvalue weighted by atomic mass is 10.1. The van der Waals surface area contributed by atoms with Gasteiger partial charge in [0.25, 0.3) is 0 Å². The Morgan fingerprint density at radius 2 is 2.11 bits per heavy atom. The van der Waals surface area contributed by atoms with Gasteiger partial charge in [-0.2, -0.15) is 13.2 Å². The van der Waals surface area contributed by atoms with E-state index in [0.29, 0.717) is 31.2 Å². The van der Waals surface area contributed by atoms with Crippen molar-refractivity contribution in [3.05, 3.63) is 29.6 Å². The molecule has 7 heteroatoms. The number of hydrogen-bond donors (Lipinski definition) is 2. The van der Waals surface area contributed by atoms with Gasteiger partial charge in [0, 0.05) is 0 Å². The van der Waals surface area contributed by atoms with E-state index in [1.807, 2.05) is 0 Å². The maximum atomic E-state index is 13.4. The van der Waals surface area contributed by atoms with Crippen molar-refractivity contribution >= 4 is 11.6 Å². The Kier molecular flexibility index (Phi) is 3.75.